The van der Waals surface area contributed by atoms with Crippen molar-refractivity contribution in [3.05, 3.63) is 188 Å². The highest BCUT2D eigenvalue weighted by Gasteiger charge is 2.23. The number of para-hydroxylation sites is 3. The molecule has 0 saturated heterocycles. The first-order valence-corrected chi connectivity index (χ1v) is 16.7. The average Bonchev–Trinajstić information content (AvgIpc) is 3.84. The second kappa shape index (κ2) is 12.8. The highest BCUT2D eigenvalue weighted by molar-refractivity contribution is 7.59. The number of aromatic nitrogens is 1. The number of allylic oxidation sites excluding steroid dienone is 2. The van der Waals surface area contributed by atoms with E-state index in [1.54, 1.807) is 12.2 Å². The van der Waals surface area contributed by atoms with Crippen molar-refractivity contribution in [2.24, 2.45) is 0 Å². The van der Waals surface area contributed by atoms with Crippen molar-refractivity contribution in [2.75, 3.05) is 0 Å². The first-order chi connectivity index (χ1) is 24.2. The zero-order valence-corrected chi connectivity index (χ0v) is 28.6. The lowest BCUT2D eigenvalue weighted by Gasteiger charge is -2.11. The monoisotopic (exact) mass is 661 g/mol. The summed E-state index contributed by atoms with van der Waals surface area (Å²) in [6.07, 6.45) is 4.22. The first-order valence-electron chi connectivity index (χ1n) is 16.7. The number of furan rings is 1. The summed E-state index contributed by atoms with van der Waals surface area (Å²) in [6, 6.07) is 55.0. The fourth-order valence-corrected chi connectivity index (χ4v) is 7.55. The molecule has 9 aromatic rings. The number of fused-ring (bicyclic) bond motifs is 9. The molecule has 2 nitrogen and oxygen atoms in total. The van der Waals surface area contributed by atoms with E-state index in [1.807, 2.05) is 12.1 Å². The van der Waals surface area contributed by atoms with E-state index in [0.717, 1.165) is 28.4 Å². The van der Waals surface area contributed by atoms with Gasteiger partial charge >= 0.3 is 0 Å². The maximum Gasteiger partial charge on any atom is 0.135 e. The van der Waals surface area contributed by atoms with Gasteiger partial charge in [-0.05, 0) is 106 Å². The Morgan fingerprint density at radius 1 is 0.480 bits per heavy atom. The lowest BCUT2D eigenvalue weighted by molar-refractivity contribution is 0.669. The van der Waals surface area contributed by atoms with Crippen molar-refractivity contribution >= 4 is 57.2 Å². The van der Waals surface area contributed by atoms with Crippen LogP contribution < -0.4 is 0 Å². The summed E-state index contributed by atoms with van der Waals surface area (Å²) < 4.78 is 8.47. The van der Waals surface area contributed by atoms with Crippen LogP contribution in [0.3, 0.4) is 0 Å². The number of hydrogen-bond donors (Lipinski definition) is 0. The van der Waals surface area contributed by atoms with Crippen LogP contribution in [0.4, 0.5) is 0 Å². The predicted octanol–water partition coefficient (Wildman–Crippen LogP) is 13.1. The lowest BCUT2D eigenvalue weighted by Crippen LogP contribution is -1.93. The molecule has 240 valence electrons. The molecule has 0 N–H and O–H groups in total. The lowest BCUT2D eigenvalue weighted by atomic mass is 9.94. The number of benzene rings is 7. The second-order valence-corrected chi connectivity index (χ2v) is 12.6. The Labute approximate surface area is 298 Å². The molecule has 0 radical (unpaired) electrons. The van der Waals surface area contributed by atoms with Gasteiger partial charge in [0.2, 0.25) is 0 Å². The molecule has 2 heterocycles. The summed E-state index contributed by atoms with van der Waals surface area (Å²) in [5.74, 6) is 0. The van der Waals surface area contributed by atoms with Gasteiger partial charge in [0.05, 0.1) is 11.0 Å². The van der Waals surface area contributed by atoms with Crippen LogP contribution in [-0.2, 0) is 6.42 Å². The molecule has 0 spiro atoms. The van der Waals surface area contributed by atoms with Crippen molar-refractivity contribution < 1.29 is 4.42 Å². The molecule has 50 heavy (non-hydrogen) atoms. The molecule has 0 aliphatic heterocycles. The Hall–Kier alpha value is -6.03. The van der Waals surface area contributed by atoms with Crippen LogP contribution in [0.2, 0.25) is 0 Å². The van der Waals surface area contributed by atoms with Crippen LogP contribution in [0.15, 0.2) is 181 Å². The maximum absolute atomic E-state index is 6.09. The van der Waals surface area contributed by atoms with E-state index in [9.17, 15) is 0 Å². The standard InChI is InChI=1S/C43H27NO.C4H6.H2S/c1-2-9-31(10-3-1)44-40-15-6-4-11-34(40)38-26-29(19-21-41(38)44)32-13-8-14-33-36-23-27(17-18-30(36)25-37(32)33)28-20-22-43-39(24-28)35-12-5-7-16-42(35)45-43;1-3-4-2;/h1-24,26H,25H2;3-4H,1-2H2;1H2. The van der Waals surface area contributed by atoms with Gasteiger partial charge in [0.25, 0.3) is 0 Å². The first kappa shape index (κ1) is 31.3. The summed E-state index contributed by atoms with van der Waals surface area (Å²) >= 11 is 0. The molecule has 0 bridgehead atoms. The van der Waals surface area contributed by atoms with Gasteiger partial charge in [0.15, 0.2) is 0 Å². The third kappa shape index (κ3) is 5.06. The van der Waals surface area contributed by atoms with Gasteiger partial charge in [-0.15, -0.1) is 0 Å². The summed E-state index contributed by atoms with van der Waals surface area (Å²) in [5.41, 5.74) is 16.0. The minimum atomic E-state index is 0. The summed E-state index contributed by atoms with van der Waals surface area (Å²) in [5, 5.41) is 4.88. The topological polar surface area (TPSA) is 18.1 Å². The van der Waals surface area contributed by atoms with Crippen LogP contribution in [0.5, 0.6) is 0 Å². The van der Waals surface area contributed by atoms with E-state index in [0.29, 0.717) is 0 Å². The van der Waals surface area contributed by atoms with Gasteiger partial charge in [0.1, 0.15) is 11.2 Å². The van der Waals surface area contributed by atoms with E-state index in [2.05, 4.69) is 157 Å². The van der Waals surface area contributed by atoms with Crippen LogP contribution in [0, 0.1) is 0 Å². The van der Waals surface area contributed by atoms with E-state index in [4.69, 9.17) is 4.42 Å². The molecule has 7 aromatic carbocycles. The van der Waals surface area contributed by atoms with Crippen LogP contribution in [-0.4, -0.2) is 4.57 Å². The van der Waals surface area contributed by atoms with Crippen LogP contribution in [0.25, 0.3) is 82.8 Å². The fourth-order valence-electron chi connectivity index (χ4n) is 7.55. The Bertz CT molecular complexity index is 2720. The molecule has 0 saturated carbocycles. The number of nitrogens with zero attached hydrogens (tertiary/aromatic N) is 1. The highest BCUT2D eigenvalue weighted by Crippen LogP contribution is 2.44. The zero-order chi connectivity index (χ0) is 32.9. The number of rotatable bonds is 4. The average molecular weight is 662 g/mol. The SMILES string of the molecule is C=CC=C.S.c1ccc(-n2c3ccccc3c3cc(-c4cccc5c4Cc4ccc(-c6ccc7oc8ccccc8c7c6)cc4-5)ccc32)cc1. The third-order valence-corrected chi connectivity index (χ3v) is 9.82. The third-order valence-electron chi connectivity index (χ3n) is 9.82. The molecule has 1 aliphatic carbocycles. The highest BCUT2D eigenvalue weighted by atomic mass is 32.1. The van der Waals surface area contributed by atoms with Crippen molar-refractivity contribution in [3.8, 4) is 39.1 Å². The Kier molecular flexibility index (Phi) is 7.99. The van der Waals surface area contributed by atoms with Crippen molar-refractivity contribution in [1.82, 2.24) is 4.57 Å². The normalized spacial score (nSPS) is 11.5. The maximum atomic E-state index is 6.09. The van der Waals surface area contributed by atoms with Crippen molar-refractivity contribution in [3.63, 3.8) is 0 Å². The minimum absolute atomic E-state index is 0. The molecule has 2 aromatic heterocycles. The summed E-state index contributed by atoms with van der Waals surface area (Å²) in [6.45, 7) is 6.72. The molecule has 0 atom stereocenters. The van der Waals surface area contributed by atoms with Crippen LogP contribution >= 0.6 is 13.5 Å². The van der Waals surface area contributed by atoms with Crippen LogP contribution in [0.1, 0.15) is 11.1 Å². The van der Waals surface area contributed by atoms with Gasteiger partial charge < -0.3 is 8.98 Å². The molecule has 0 unspecified atom stereocenters. The van der Waals surface area contributed by atoms with E-state index < -0.39 is 0 Å². The summed E-state index contributed by atoms with van der Waals surface area (Å²) in [7, 11) is 0. The van der Waals surface area contributed by atoms with Gasteiger partial charge in [-0.1, -0.05) is 122 Å². The minimum Gasteiger partial charge on any atom is -0.456 e. The fraction of sp³-hybridized carbons (Fsp3) is 0.0213. The Morgan fingerprint density at radius 2 is 1.12 bits per heavy atom. The van der Waals surface area contributed by atoms with Gasteiger partial charge in [-0.25, -0.2) is 0 Å². The molecule has 0 fully saturated rings. The quantitative estimate of drug-likeness (QED) is 0.172. The number of hydrogen-bond acceptors (Lipinski definition) is 1. The van der Waals surface area contributed by atoms with Crippen molar-refractivity contribution in [1.29, 1.82) is 0 Å². The largest absolute Gasteiger partial charge is 0.456 e. The molecular formula is C47H35NOS. The Balaban J connectivity index is 0.000000688. The second-order valence-electron chi connectivity index (χ2n) is 12.6. The van der Waals surface area contributed by atoms with Gasteiger partial charge in [-0.2, -0.15) is 13.5 Å². The molecule has 0 amide bonds. The molecule has 1 aliphatic rings. The van der Waals surface area contributed by atoms with Gasteiger partial charge in [-0.3, -0.25) is 0 Å². The zero-order valence-electron chi connectivity index (χ0n) is 27.6. The molecule has 3 heteroatoms. The predicted molar refractivity (Wildman–Crippen MR) is 218 cm³/mol. The van der Waals surface area contributed by atoms with E-state index >= 15 is 0 Å². The van der Waals surface area contributed by atoms with E-state index in [-0.39, 0.29) is 13.5 Å². The van der Waals surface area contributed by atoms with Crippen molar-refractivity contribution in [2.45, 2.75) is 6.42 Å². The summed E-state index contributed by atoms with van der Waals surface area (Å²) in [4.78, 5) is 0. The smallest absolute Gasteiger partial charge is 0.135 e. The molecular weight excluding hydrogens is 627 g/mol. The molecule has 10 rings (SSSR count). The van der Waals surface area contributed by atoms with Gasteiger partial charge in [0, 0.05) is 27.2 Å². The van der Waals surface area contributed by atoms with E-state index in [1.165, 1.54) is 72.0 Å². The Morgan fingerprint density at radius 3 is 1.96 bits per heavy atom.